The second-order valence-electron chi connectivity index (χ2n) is 7.46. The molecule has 0 spiro atoms. The Morgan fingerprint density at radius 2 is 1.90 bits per heavy atom. The zero-order valence-corrected chi connectivity index (χ0v) is 19.0. The monoisotopic (exact) mass is 478 g/mol. The standard InChI is InChI=1S/C22H20Cl2N2O4S/c1-14-7-8-17-18(23)11-19(24)22(21(17)25-14)30-12-20(27)26(15-5-3-2-4-6-15)16-9-10-31(28,29)13-16/h2-8,11,16H,9-10,12-13H2,1H3. The van der Waals surface area contributed by atoms with Crippen LogP contribution in [-0.4, -0.2) is 43.5 Å². The van der Waals surface area contributed by atoms with Crippen LogP contribution in [0, 0.1) is 6.92 Å². The average Bonchev–Trinajstić information content (AvgIpc) is 3.07. The van der Waals surface area contributed by atoms with E-state index in [1.165, 1.54) is 4.90 Å². The largest absolute Gasteiger partial charge is 0.480 e. The molecule has 1 aromatic heterocycles. The summed E-state index contributed by atoms with van der Waals surface area (Å²) in [5, 5.41) is 1.35. The normalized spacial score (nSPS) is 17.6. The quantitative estimate of drug-likeness (QED) is 0.541. The summed E-state index contributed by atoms with van der Waals surface area (Å²) in [6.07, 6.45) is 0.383. The van der Waals surface area contributed by atoms with Gasteiger partial charge in [-0.3, -0.25) is 4.79 Å². The molecule has 0 N–H and O–H groups in total. The molecule has 1 atom stereocenters. The van der Waals surface area contributed by atoms with Crippen molar-refractivity contribution in [2.75, 3.05) is 23.0 Å². The first-order valence-corrected chi connectivity index (χ1v) is 12.3. The Hall–Kier alpha value is -2.35. The summed E-state index contributed by atoms with van der Waals surface area (Å²) >= 11 is 12.6. The van der Waals surface area contributed by atoms with Crippen LogP contribution < -0.4 is 9.64 Å². The predicted molar refractivity (Wildman–Crippen MR) is 123 cm³/mol. The van der Waals surface area contributed by atoms with Crippen LogP contribution in [0.25, 0.3) is 10.9 Å². The highest BCUT2D eigenvalue weighted by Gasteiger charge is 2.35. The maximum absolute atomic E-state index is 13.2. The fraction of sp³-hybridized carbons (Fsp3) is 0.273. The molecule has 1 aliphatic rings. The molecule has 1 amide bonds. The van der Waals surface area contributed by atoms with Crippen molar-refractivity contribution < 1.29 is 17.9 Å². The van der Waals surface area contributed by atoms with Crippen LogP contribution in [0.5, 0.6) is 5.75 Å². The van der Waals surface area contributed by atoms with Crippen LogP contribution in [-0.2, 0) is 14.6 Å². The lowest BCUT2D eigenvalue weighted by Gasteiger charge is -2.28. The Bertz CT molecular complexity index is 1250. The lowest BCUT2D eigenvalue weighted by molar-refractivity contribution is -0.120. The minimum absolute atomic E-state index is 0.0615. The van der Waals surface area contributed by atoms with Crippen molar-refractivity contribution in [3.8, 4) is 5.75 Å². The number of carbonyl (C=O) groups excluding carboxylic acids is 1. The van der Waals surface area contributed by atoms with Gasteiger partial charge >= 0.3 is 0 Å². The van der Waals surface area contributed by atoms with Crippen molar-refractivity contribution >= 4 is 55.5 Å². The third kappa shape index (κ3) is 4.63. The Morgan fingerprint density at radius 1 is 1.16 bits per heavy atom. The van der Waals surface area contributed by atoms with Crippen LogP contribution in [0.4, 0.5) is 5.69 Å². The molecular weight excluding hydrogens is 459 g/mol. The van der Waals surface area contributed by atoms with Gasteiger partial charge in [-0.05, 0) is 43.7 Å². The number of pyridine rings is 1. The van der Waals surface area contributed by atoms with Crippen LogP contribution in [0.1, 0.15) is 12.1 Å². The third-order valence-corrected chi connectivity index (χ3v) is 7.54. The molecule has 1 fully saturated rings. The number of anilines is 1. The Kier molecular flexibility index (Phi) is 6.10. The van der Waals surface area contributed by atoms with Gasteiger partial charge in [0.25, 0.3) is 5.91 Å². The van der Waals surface area contributed by atoms with Crippen LogP contribution in [0.2, 0.25) is 10.0 Å². The number of aromatic nitrogens is 1. The molecule has 3 aromatic rings. The van der Waals surface area contributed by atoms with E-state index in [1.807, 2.05) is 25.1 Å². The van der Waals surface area contributed by atoms with Crippen molar-refractivity contribution in [2.24, 2.45) is 0 Å². The summed E-state index contributed by atoms with van der Waals surface area (Å²) in [6, 6.07) is 13.8. The number of para-hydroxylation sites is 1. The molecule has 2 heterocycles. The zero-order chi connectivity index (χ0) is 22.2. The van der Waals surface area contributed by atoms with E-state index < -0.39 is 15.9 Å². The van der Waals surface area contributed by atoms with Gasteiger partial charge < -0.3 is 9.64 Å². The number of ether oxygens (including phenoxy) is 1. The van der Waals surface area contributed by atoms with Crippen molar-refractivity contribution in [2.45, 2.75) is 19.4 Å². The molecule has 1 unspecified atom stereocenters. The number of amides is 1. The Morgan fingerprint density at radius 3 is 2.58 bits per heavy atom. The van der Waals surface area contributed by atoms with Gasteiger partial charge in [0.15, 0.2) is 22.2 Å². The number of halogens is 2. The molecule has 0 radical (unpaired) electrons. The molecule has 0 aliphatic carbocycles. The van der Waals surface area contributed by atoms with E-state index in [4.69, 9.17) is 27.9 Å². The molecule has 0 bridgehead atoms. The first kappa shape index (κ1) is 21.9. The maximum atomic E-state index is 13.2. The lowest BCUT2D eigenvalue weighted by Crippen LogP contribution is -2.43. The molecule has 162 valence electrons. The van der Waals surface area contributed by atoms with Gasteiger partial charge in [-0.25, -0.2) is 13.4 Å². The predicted octanol–water partition coefficient (Wildman–Crippen LogP) is 4.45. The highest BCUT2D eigenvalue weighted by atomic mass is 35.5. The second kappa shape index (κ2) is 8.65. The third-order valence-electron chi connectivity index (χ3n) is 5.19. The van der Waals surface area contributed by atoms with Gasteiger partial charge in [0, 0.05) is 16.8 Å². The lowest BCUT2D eigenvalue weighted by atomic mass is 10.1. The summed E-state index contributed by atoms with van der Waals surface area (Å²) in [5.74, 6) is -0.101. The number of fused-ring (bicyclic) bond motifs is 1. The molecule has 4 rings (SSSR count). The first-order chi connectivity index (χ1) is 14.7. The van der Waals surface area contributed by atoms with Gasteiger partial charge in [0.2, 0.25) is 0 Å². The molecule has 1 saturated heterocycles. The number of sulfone groups is 1. The van der Waals surface area contributed by atoms with Crippen molar-refractivity contribution in [1.29, 1.82) is 0 Å². The minimum atomic E-state index is -3.17. The van der Waals surface area contributed by atoms with E-state index in [-0.39, 0.29) is 34.8 Å². The fourth-order valence-corrected chi connectivity index (χ4v) is 6.03. The van der Waals surface area contributed by atoms with E-state index >= 15 is 0 Å². The number of rotatable bonds is 5. The Labute approximate surface area is 190 Å². The number of benzene rings is 2. The fourth-order valence-electron chi connectivity index (χ4n) is 3.76. The van der Waals surface area contributed by atoms with Gasteiger partial charge in [-0.1, -0.05) is 41.4 Å². The minimum Gasteiger partial charge on any atom is -0.480 e. The van der Waals surface area contributed by atoms with Gasteiger partial charge in [0.05, 0.1) is 27.6 Å². The summed E-state index contributed by atoms with van der Waals surface area (Å²) in [5.41, 5.74) is 1.85. The van der Waals surface area contributed by atoms with Gasteiger partial charge in [0.1, 0.15) is 5.52 Å². The van der Waals surface area contributed by atoms with E-state index in [9.17, 15) is 13.2 Å². The van der Waals surface area contributed by atoms with E-state index in [0.29, 0.717) is 28.0 Å². The molecule has 9 heteroatoms. The molecule has 31 heavy (non-hydrogen) atoms. The molecule has 1 aliphatic heterocycles. The van der Waals surface area contributed by atoms with Crippen molar-refractivity contribution in [3.05, 3.63) is 64.3 Å². The SMILES string of the molecule is Cc1ccc2c(Cl)cc(Cl)c(OCC(=O)N(c3ccccc3)C3CCS(=O)(=O)C3)c2n1. The summed E-state index contributed by atoms with van der Waals surface area (Å²) < 4.78 is 29.9. The average molecular weight is 479 g/mol. The number of hydrogen-bond donors (Lipinski definition) is 0. The number of aryl methyl sites for hydroxylation is 1. The van der Waals surface area contributed by atoms with Crippen molar-refractivity contribution in [3.63, 3.8) is 0 Å². The molecule has 6 nitrogen and oxygen atoms in total. The smallest absolute Gasteiger partial charge is 0.265 e. The van der Waals surface area contributed by atoms with E-state index in [1.54, 1.807) is 30.3 Å². The Balaban J connectivity index is 1.64. The van der Waals surface area contributed by atoms with Crippen molar-refractivity contribution in [1.82, 2.24) is 4.98 Å². The summed E-state index contributed by atoms with van der Waals surface area (Å²) in [4.78, 5) is 19.2. The van der Waals surface area contributed by atoms with Gasteiger partial charge in [-0.2, -0.15) is 0 Å². The summed E-state index contributed by atoms with van der Waals surface area (Å²) in [7, 11) is -3.17. The first-order valence-electron chi connectivity index (χ1n) is 9.71. The number of carbonyl (C=O) groups is 1. The van der Waals surface area contributed by atoms with Crippen LogP contribution in [0.15, 0.2) is 48.5 Å². The van der Waals surface area contributed by atoms with Gasteiger partial charge in [-0.15, -0.1) is 0 Å². The molecule has 0 saturated carbocycles. The van der Waals surface area contributed by atoms with E-state index in [2.05, 4.69) is 4.98 Å². The highest BCUT2D eigenvalue weighted by Crippen LogP contribution is 2.37. The topological polar surface area (TPSA) is 76.6 Å². The van der Waals surface area contributed by atoms with E-state index in [0.717, 1.165) is 5.69 Å². The molecular formula is C22H20Cl2N2O4S. The zero-order valence-electron chi connectivity index (χ0n) is 16.7. The highest BCUT2D eigenvalue weighted by molar-refractivity contribution is 7.91. The second-order valence-corrected chi connectivity index (χ2v) is 10.5. The maximum Gasteiger partial charge on any atom is 0.265 e. The van der Waals surface area contributed by atoms with Crippen LogP contribution in [0.3, 0.4) is 0 Å². The number of hydrogen-bond acceptors (Lipinski definition) is 5. The molecule has 2 aromatic carbocycles. The number of nitrogens with zero attached hydrogens (tertiary/aromatic N) is 2. The summed E-state index contributed by atoms with van der Waals surface area (Å²) in [6.45, 7) is 1.51. The van der Waals surface area contributed by atoms with Crippen LogP contribution >= 0.6 is 23.2 Å².